The van der Waals surface area contributed by atoms with Gasteiger partial charge in [0.2, 0.25) is 0 Å². The average molecular weight is 285 g/mol. The van der Waals surface area contributed by atoms with Crippen LogP contribution in [-0.4, -0.2) is 58.5 Å². The van der Waals surface area contributed by atoms with E-state index in [9.17, 15) is 15.0 Å². The van der Waals surface area contributed by atoms with Crippen molar-refractivity contribution in [1.29, 1.82) is 0 Å². The molecular formula is C15H27NO4. The molecule has 2 fully saturated rings. The van der Waals surface area contributed by atoms with Gasteiger partial charge in [0.1, 0.15) is 0 Å². The van der Waals surface area contributed by atoms with Crippen molar-refractivity contribution in [2.24, 2.45) is 11.8 Å². The Hall–Kier alpha value is -0.650. The van der Waals surface area contributed by atoms with Gasteiger partial charge in [-0.2, -0.15) is 0 Å². The van der Waals surface area contributed by atoms with E-state index in [2.05, 4.69) is 4.90 Å². The van der Waals surface area contributed by atoms with Crippen molar-refractivity contribution in [2.45, 2.75) is 57.8 Å². The molecule has 2 saturated heterocycles. The van der Waals surface area contributed by atoms with Crippen LogP contribution in [0.1, 0.15) is 40.0 Å². The molecule has 4 atom stereocenters. The van der Waals surface area contributed by atoms with Gasteiger partial charge in [-0.3, -0.25) is 4.90 Å². The quantitative estimate of drug-likeness (QED) is 0.731. The van der Waals surface area contributed by atoms with Crippen molar-refractivity contribution in [3.05, 3.63) is 0 Å². The molecule has 116 valence electrons. The Morgan fingerprint density at radius 2 is 2.05 bits per heavy atom. The van der Waals surface area contributed by atoms with E-state index in [1.165, 1.54) is 19.8 Å². The number of hydrogen-bond acceptors (Lipinski definition) is 5. The van der Waals surface area contributed by atoms with Crippen molar-refractivity contribution in [2.75, 3.05) is 19.7 Å². The molecule has 2 aliphatic rings. The van der Waals surface area contributed by atoms with Gasteiger partial charge in [-0.1, -0.05) is 13.8 Å². The third-order valence-corrected chi connectivity index (χ3v) is 5.02. The molecule has 0 amide bonds. The number of esters is 1. The summed E-state index contributed by atoms with van der Waals surface area (Å²) in [5.41, 5.74) is -1.81. The van der Waals surface area contributed by atoms with Crippen molar-refractivity contribution in [3.8, 4) is 0 Å². The maximum Gasteiger partial charge on any atom is 0.341 e. The van der Waals surface area contributed by atoms with E-state index < -0.39 is 17.7 Å². The van der Waals surface area contributed by atoms with Gasteiger partial charge in [0.25, 0.3) is 0 Å². The number of rotatable bonds is 5. The van der Waals surface area contributed by atoms with Crippen LogP contribution in [0.4, 0.5) is 0 Å². The summed E-state index contributed by atoms with van der Waals surface area (Å²) in [6.45, 7) is 7.43. The first-order chi connectivity index (χ1) is 9.37. The first-order valence-corrected chi connectivity index (χ1v) is 7.69. The fourth-order valence-corrected chi connectivity index (χ4v) is 3.57. The largest absolute Gasteiger partial charge is 0.463 e. The highest BCUT2D eigenvalue weighted by molar-refractivity contribution is 5.80. The second kappa shape index (κ2) is 6.00. The molecule has 0 spiro atoms. The molecule has 2 aliphatic heterocycles. The normalized spacial score (nSPS) is 31.1. The molecule has 5 nitrogen and oxygen atoms in total. The highest BCUT2D eigenvalue weighted by atomic mass is 16.6. The number of aliphatic hydroxyl groups is 2. The van der Waals surface area contributed by atoms with Crippen LogP contribution in [-0.2, 0) is 9.53 Å². The first-order valence-electron chi connectivity index (χ1n) is 7.69. The van der Waals surface area contributed by atoms with E-state index in [0.29, 0.717) is 18.6 Å². The van der Waals surface area contributed by atoms with E-state index in [1.54, 1.807) is 13.8 Å². The lowest BCUT2D eigenvalue weighted by Gasteiger charge is -2.33. The summed E-state index contributed by atoms with van der Waals surface area (Å²) in [5.74, 6) is -0.715. The molecule has 0 aromatic heterocycles. The van der Waals surface area contributed by atoms with Gasteiger partial charge >= 0.3 is 5.97 Å². The fraction of sp³-hybridized carbons (Fsp3) is 0.933. The number of ether oxygens (including phenoxy) is 1. The van der Waals surface area contributed by atoms with E-state index in [1.807, 2.05) is 0 Å². The van der Waals surface area contributed by atoms with E-state index in [0.717, 1.165) is 19.5 Å². The lowest BCUT2D eigenvalue weighted by atomic mass is 9.85. The standard InChI is InChI=1S/C15H27NO4/c1-10(2)15(19,11(3)17)14(18)20-9-12-6-8-16-7-4-5-13(12)16/h10-13,17,19H,4-9H2,1-3H3/t11-,12-,13-,15+/m1/s1. The molecule has 20 heavy (non-hydrogen) atoms. The van der Waals surface area contributed by atoms with E-state index >= 15 is 0 Å². The topological polar surface area (TPSA) is 70.0 Å². The Bertz CT molecular complexity index is 348. The first kappa shape index (κ1) is 15.7. The van der Waals surface area contributed by atoms with Crippen LogP contribution in [0, 0.1) is 11.8 Å². The van der Waals surface area contributed by atoms with Gasteiger partial charge in [-0.25, -0.2) is 4.79 Å². The Labute approximate surface area is 120 Å². The second-order valence-electron chi connectivity index (χ2n) is 6.55. The molecule has 0 aromatic carbocycles. The van der Waals surface area contributed by atoms with Gasteiger partial charge in [0.05, 0.1) is 12.7 Å². The fourth-order valence-electron chi connectivity index (χ4n) is 3.57. The Balaban J connectivity index is 1.91. The SMILES string of the molecule is CC(C)[C@@](O)(C(=O)OC[C@H]1CCN2CCC[C@H]12)[C@@H](C)O. The lowest BCUT2D eigenvalue weighted by Crippen LogP contribution is -2.53. The number of fused-ring (bicyclic) bond motifs is 1. The zero-order valence-corrected chi connectivity index (χ0v) is 12.7. The molecule has 0 unspecified atom stereocenters. The highest BCUT2D eigenvalue weighted by Gasteiger charge is 2.46. The zero-order valence-electron chi connectivity index (χ0n) is 12.7. The summed E-state index contributed by atoms with van der Waals surface area (Å²) in [7, 11) is 0. The van der Waals surface area contributed by atoms with Crippen LogP contribution >= 0.6 is 0 Å². The van der Waals surface area contributed by atoms with Crippen LogP contribution < -0.4 is 0 Å². The predicted octanol–water partition coefficient (Wildman–Crippen LogP) is 0.782. The van der Waals surface area contributed by atoms with Crippen LogP contribution in [0.15, 0.2) is 0 Å². The number of hydrogen-bond donors (Lipinski definition) is 2. The third kappa shape index (κ3) is 2.71. The molecule has 0 radical (unpaired) electrons. The summed E-state index contributed by atoms with van der Waals surface area (Å²) >= 11 is 0. The van der Waals surface area contributed by atoms with Gasteiger partial charge in [0, 0.05) is 12.0 Å². The maximum atomic E-state index is 12.2. The molecule has 2 N–H and O–H groups in total. The van der Waals surface area contributed by atoms with Gasteiger partial charge in [0.15, 0.2) is 5.60 Å². The van der Waals surface area contributed by atoms with Gasteiger partial charge in [-0.15, -0.1) is 0 Å². The molecule has 2 rings (SSSR count). The Morgan fingerprint density at radius 3 is 2.65 bits per heavy atom. The Morgan fingerprint density at radius 1 is 1.35 bits per heavy atom. The number of carbonyl (C=O) groups is 1. The summed E-state index contributed by atoms with van der Waals surface area (Å²) in [6.07, 6.45) is 2.31. The molecule has 5 heteroatoms. The van der Waals surface area contributed by atoms with Crippen LogP contribution in [0.25, 0.3) is 0 Å². The lowest BCUT2D eigenvalue weighted by molar-refractivity contribution is -0.186. The van der Waals surface area contributed by atoms with Gasteiger partial charge < -0.3 is 14.9 Å². The second-order valence-corrected chi connectivity index (χ2v) is 6.55. The number of aliphatic hydroxyl groups excluding tert-OH is 1. The average Bonchev–Trinajstić information content (AvgIpc) is 2.97. The minimum Gasteiger partial charge on any atom is -0.463 e. The summed E-state index contributed by atoms with van der Waals surface area (Å²) in [6, 6.07) is 0.529. The molecule has 2 heterocycles. The summed E-state index contributed by atoms with van der Waals surface area (Å²) in [5, 5.41) is 20.1. The van der Waals surface area contributed by atoms with Crippen LogP contribution in [0.2, 0.25) is 0 Å². The van der Waals surface area contributed by atoms with Gasteiger partial charge in [-0.05, 0) is 45.2 Å². The van der Waals surface area contributed by atoms with Crippen molar-refractivity contribution in [1.82, 2.24) is 4.90 Å². The predicted molar refractivity (Wildman–Crippen MR) is 75.1 cm³/mol. The third-order valence-electron chi connectivity index (χ3n) is 5.02. The van der Waals surface area contributed by atoms with Crippen molar-refractivity contribution >= 4 is 5.97 Å². The number of carbonyl (C=O) groups excluding carboxylic acids is 1. The molecule has 0 aliphatic carbocycles. The Kier molecular flexibility index (Phi) is 4.72. The maximum absolute atomic E-state index is 12.2. The zero-order chi connectivity index (χ0) is 14.9. The molecule has 0 saturated carbocycles. The smallest absolute Gasteiger partial charge is 0.341 e. The minimum atomic E-state index is -1.81. The van der Waals surface area contributed by atoms with E-state index in [-0.39, 0.29) is 5.92 Å². The molecule has 0 bridgehead atoms. The highest BCUT2D eigenvalue weighted by Crippen LogP contribution is 2.33. The minimum absolute atomic E-state index is 0.349. The summed E-state index contributed by atoms with van der Waals surface area (Å²) in [4.78, 5) is 14.6. The van der Waals surface area contributed by atoms with Crippen molar-refractivity contribution < 1.29 is 19.7 Å². The van der Waals surface area contributed by atoms with E-state index in [4.69, 9.17) is 4.74 Å². The monoisotopic (exact) mass is 285 g/mol. The van der Waals surface area contributed by atoms with Crippen molar-refractivity contribution in [3.63, 3.8) is 0 Å². The molecular weight excluding hydrogens is 258 g/mol. The number of nitrogens with zero attached hydrogens (tertiary/aromatic N) is 1. The summed E-state index contributed by atoms with van der Waals surface area (Å²) < 4.78 is 5.35. The van der Waals surface area contributed by atoms with Crippen LogP contribution in [0.5, 0.6) is 0 Å². The van der Waals surface area contributed by atoms with Crippen LogP contribution in [0.3, 0.4) is 0 Å². The molecule has 0 aromatic rings.